The van der Waals surface area contributed by atoms with Crippen LogP contribution in [0, 0.1) is 0 Å². The van der Waals surface area contributed by atoms with Gasteiger partial charge in [-0.3, -0.25) is 9.89 Å². The number of hydrogen-bond donors (Lipinski definition) is 2. The molecule has 0 aliphatic rings. The van der Waals surface area contributed by atoms with Gasteiger partial charge in [-0.25, -0.2) is 5.43 Å². The van der Waals surface area contributed by atoms with Crippen molar-refractivity contribution in [1.29, 1.82) is 0 Å². The summed E-state index contributed by atoms with van der Waals surface area (Å²) >= 11 is 1.54. The predicted molar refractivity (Wildman–Crippen MR) is 107 cm³/mol. The maximum Gasteiger partial charge on any atom is 0.289 e. The van der Waals surface area contributed by atoms with Crippen molar-refractivity contribution in [2.45, 2.75) is 0 Å². The molecule has 0 bridgehead atoms. The summed E-state index contributed by atoms with van der Waals surface area (Å²) in [6.45, 7) is 0. The lowest BCUT2D eigenvalue weighted by molar-refractivity contribution is 0.0950. The zero-order chi connectivity index (χ0) is 18.6. The van der Waals surface area contributed by atoms with Crippen LogP contribution in [0.5, 0.6) is 5.75 Å². The number of nitrogens with zero attached hydrogens (tertiary/aromatic N) is 2. The fourth-order valence-electron chi connectivity index (χ4n) is 2.83. The Kier molecular flexibility index (Phi) is 4.67. The summed E-state index contributed by atoms with van der Waals surface area (Å²) in [4.78, 5) is 13.3. The van der Waals surface area contributed by atoms with Gasteiger partial charge in [0.2, 0.25) is 0 Å². The third-order valence-corrected chi connectivity index (χ3v) is 4.90. The molecule has 0 aliphatic carbocycles. The third kappa shape index (κ3) is 3.45. The van der Waals surface area contributed by atoms with E-state index in [0.29, 0.717) is 17.1 Å². The fourth-order valence-corrected chi connectivity index (χ4v) is 3.42. The molecule has 0 radical (unpaired) electrons. The molecule has 4 rings (SSSR count). The topological polar surface area (TPSA) is 79.4 Å². The van der Waals surface area contributed by atoms with E-state index in [2.05, 4.69) is 20.7 Å². The van der Waals surface area contributed by atoms with E-state index in [-0.39, 0.29) is 5.91 Å². The second kappa shape index (κ2) is 7.43. The quantitative estimate of drug-likeness (QED) is 0.407. The lowest BCUT2D eigenvalue weighted by Crippen LogP contribution is -2.17. The van der Waals surface area contributed by atoms with Gasteiger partial charge in [0.15, 0.2) is 0 Å². The van der Waals surface area contributed by atoms with E-state index in [1.807, 2.05) is 53.9 Å². The fraction of sp³-hybridized carbons (Fsp3) is 0.0500. The summed E-state index contributed by atoms with van der Waals surface area (Å²) in [6.07, 6.45) is 1.60. The predicted octanol–water partition coefficient (Wildman–Crippen LogP) is 4.06. The molecular weight excluding hydrogens is 360 g/mol. The molecule has 2 aromatic heterocycles. The van der Waals surface area contributed by atoms with Crippen molar-refractivity contribution in [2.24, 2.45) is 5.10 Å². The average molecular weight is 376 g/mol. The number of benzene rings is 2. The zero-order valence-electron chi connectivity index (χ0n) is 14.5. The van der Waals surface area contributed by atoms with Crippen LogP contribution in [0.15, 0.2) is 65.1 Å². The Morgan fingerprint density at radius 3 is 2.93 bits per heavy atom. The molecule has 0 spiro atoms. The number of ether oxygens (including phenoxy) is 1. The van der Waals surface area contributed by atoms with Crippen molar-refractivity contribution in [3.63, 3.8) is 0 Å². The van der Waals surface area contributed by atoms with Crippen LogP contribution in [-0.2, 0) is 0 Å². The van der Waals surface area contributed by atoms with Gasteiger partial charge in [0.05, 0.1) is 24.6 Å². The van der Waals surface area contributed by atoms with Gasteiger partial charge in [-0.2, -0.15) is 10.2 Å². The van der Waals surface area contributed by atoms with Crippen LogP contribution in [0.1, 0.15) is 15.4 Å². The molecule has 0 aliphatic heterocycles. The second-order valence-electron chi connectivity index (χ2n) is 5.75. The number of H-pyrrole nitrogens is 1. The van der Waals surface area contributed by atoms with Crippen LogP contribution in [0.25, 0.3) is 22.0 Å². The number of nitrogens with one attached hydrogen (secondary N) is 2. The van der Waals surface area contributed by atoms with Gasteiger partial charge in [-0.05, 0) is 34.4 Å². The summed E-state index contributed by atoms with van der Waals surface area (Å²) in [6, 6.07) is 17.4. The normalized spacial score (nSPS) is 11.1. The van der Waals surface area contributed by atoms with Crippen LogP contribution < -0.4 is 10.2 Å². The van der Waals surface area contributed by atoms with Gasteiger partial charge in [0, 0.05) is 4.88 Å². The van der Waals surface area contributed by atoms with Crippen LogP contribution in [0.3, 0.4) is 0 Å². The van der Waals surface area contributed by atoms with Gasteiger partial charge < -0.3 is 4.74 Å². The zero-order valence-corrected chi connectivity index (χ0v) is 15.3. The monoisotopic (exact) mass is 376 g/mol. The summed E-state index contributed by atoms with van der Waals surface area (Å²) in [5.41, 5.74) is 4.30. The van der Waals surface area contributed by atoms with E-state index in [9.17, 15) is 4.79 Å². The SMILES string of the molecule is COc1ccc2ccccc2c1-c1cc(C(=O)N/N=C/c2cccs2)[nH]n1. The van der Waals surface area contributed by atoms with E-state index in [1.165, 1.54) is 0 Å². The van der Waals surface area contributed by atoms with Crippen LogP contribution >= 0.6 is 11.3 Å². The van der Waals surface area contributed by atoms with E-state index in [4.69, 9.17) is 4.74 Å². The van der Waals surface area contributed by atoms with Crippen molar-refractivity contribution in [3.05, 3.63) is 70.5 Å². The molecule has 4 aromatic rings. The first kappa shape index (κ1) is 17.0. The first-order valence-corrected chi connectivity index (χ1v) is 9.12. The molecule has 0 saturated heterocycles. The van der Waals surface area contributed by atoms with E-state index >= 15 is 0 Å². The number of thiophene rings is 1. The minimum absolute atomic E-state index is 0.323. The molecule has 2 aromatic carbocycles. The molecule has 2 heterocycles. The minimum Gasteiger partial charge on any atom is -0.496 e. The smallest absolute Gasteiger partial charge is 0.289 e. The van der Waals surface area contributed by atoms with Gasteiger partial charge >= 0.3 is 0 Å². The Morgan fingerprint density at radius 1 is 1.22 bits per heavy atom. The maximum atomic E-state index is 12.3. The van der Waals surface area contributed by atoms with Crippen LogP contribution in [-0.4, -0.2) is 29.4 Å². The number of methoxy groups -OCH3 is 1. The second-order valence-corrected chi connectivity index (χ2v) is 6.72. The summed E-state index contributed by atoms with van der Waals surface area (Å²) in [5, 5.41) is 15.1. The molecule has 2 N–H and O–H groups in total. The lowest BCUT2D eigenvalue weighted by Gasteiger charge is -2.09. The van der Waals surface area contributed by atoms with Crippen molar-refractivity contribution >= 4 is 34.2 Å². The highest BCUT2D eigenvalue weighted by Crippen LogP contribution is 2.36. The highest BCUT2D eigenvalue weighted by Gasteiger charge is 2.16. The number of aromatic amines is 1. The molecule has 6 nitrogen and oxygen atoms in total. The van der Waals surface area contributed by atoms with Gasteiger partial charge in [-0.15, -0.1) is 11.3 Å². The number of carbonyl (C=O) groups excluding carboxylic acids is 1. The van der Waals surface area contributed by atoms with Crippen molar-refractivity contribution in [3.8, 4) is 17.0 Å². The number of hydrogen-bond acceptors (Lipinski definition) is 5. The molecule has 27 heavy (non-hydrogen) atoms. The molecule has 0 saturated carbocycles. The Labute approximate surface area is 159 Å². The Bertz CT molecular complexity index is 1120. The highest BCUT2D eigenvalue weighted by atomic mass is 32.1. The summed E-state index contributed by atoms with van der Waals surface area (Å²) in [7, 11) is 1.62. The lowest BCUT2D eigenvalue weighted by atomic mass is 10.0. The van der Waals surface area contributed by atoms with E-state index in [0.717, 1.165) is 21.2 Å². The Balaban J connectivity index is 1.63. The molecule has 0 unspecified atom stereocenters. The first-order valence-electron chi connectivity index (χ1n) is 8.24. The minimum atomic E-state index is -0.360. The van der Waals surface area contributed by atoms with Gasteiger partial charge in [0.1, 0.15) is 11.4 Å². The van der Waals surface area contributed by atoms with Crippen molar-refractivity contribution < 1.29 is 9.53 Å². The number of amides is 1. The van der Waals surface area contributed by atoms with Crippen molar-refractivity contribution in [2.75, 3.05) is 7.11 Å². The number of fused-ring (bicyclic) bond motifs is 1. The number of aromatic nitrogens is 2. The Morgan fingerprint density at radius 2 is 2.11 bits per heavy atom. The summed E-state index contributed by atoms with van der Waals surface area (Å²) < 4.78 is 5.51. The van der Waals surface area contributed by atoms with Gasteiger partial charge in [-0.1, -0.05) is 36.4 Å². The first-order chi connectivity index (χ1) is 13.3. The van der Waals surface area contributed by atoms with Crippen LogP contribution in [0.2, 0.25) is 0 Å². The van der Waals surface area contributed by atoms with Gasteiger partial charge in [0.25, 0.3) is 5.91 Å². The highest BCUT2D eigenvalue weighted by molar-refractivity contribution is 7.11. The third-order valence-electron chi connectivity index (χ3n) is 4.09. The maximum absolute atomic E-state index is 12.3. The van der Waals surface area contributed by atoms with Crippen LogP contribution in [0.4, 0.5) is 0 Å². The average Bonchev–Trinajstić information content (AvgIpc) is 3.39. The molecule has 134 valence electrons. The van der Waals surface area contributed by atoms with E-state index in [1.54, 1.807) is 30.7 Å². The number of rotatable bonds is 5. The number of carbonyl (C=O) groups is 1. The molecule has 0 atom stereocenters. The number of hydrazone groups is 1. The molecule has 1 amide bonds. The Hall–Kier alpha value is -3.45. The summed E-state index contributed by atoms with van der Waals surface area (Å²) in [5.74, 6) is 0.337. The molecular formula is C20H16N4O2S. The standard InChI is InChI=1S/C20H16N4O2S/c1-26-18-9-8-13-5-2-3-7-15(13)19(18)16-11-17(23-22-16)20(25)24-21-12-14-6-4-10-27-14/h2-12H,1H3,(H,22,23)(H,24,25)/b21-12+. The largest absolute Gasteiger partial charge is 0.496 e. The van der Waals surface area contributed by atoms with Crippen molar-refractivity contribution in [1.82, 2.24) is 15.6 Å². The molecule has 0 fully saturated rings. The molecule has 7 heteroatoms. The van der Waals surface area contributed by atoms with E-state index < -0.39 is 0 Å².